The molecule has 9 nitrogen and oxygen atoms in total. The molecule has 0 spiro atoms. The summed E-state index contributed by atoms with van der Waals surface area (Å²) >= 11 is 0. The fourth-order valence-electron chi connectivity index (χ4n) is 1.38. The molecule has 98 valence electrons. The summed E-state index contributed by atoms with van der Waals surface area (Å²) in [6.45, 7) is -0.663. The lowest BCUT2D eigenvalue weighted by Crippen LogP contribution is -2.34. The van der Waals surface area contributed by atoms with Crippen LogP contribution in [-0.2, 0) is 0 Å². The first-order valence-corrected chi connectivity index (χ1v) is 5.10. The van der Waals surface area contributed by atoms with E-state index in [9.17, 15) is 15.3 Å². The Morgan fingerprint density at radius 2 is 2.06 bits per heavy atom. The van der Waals surface area contributed by atoms with E-state index in [1.54, 1.807) is 0 Å². The summed E-state index contributed by atoms with van der Waals surface area (Å²) in [7, 11) is 0. The smallest absolute Gasteiger partial charge is 0.237 e. The number of aliphatic hydroxyl groups is 4. The van der Waals surface area contributed by atoms with Crippen molar-refractivity contribution in [3.8, 4) is 11.6 Å². The highest BCUT2D eigenvalue weighted by Gasteiger charge is 2.27. The largest absolute Gasteiger partial charge is 0.394 e. The molecule has 0 saturated heterocycles. The third kappa shape index (κ3) is 2.38. The third-order valence-electron chi connectivity index (χ3n) is 2.39. The number of nitrogens with zero attached hydrogens (tertiary/aromatic N) is 3. The molecule has 0 amide bonds. The predicted molar refractivity (Wildman–Crippen MR) is 55.9 cm³/mol. The van der Waals surface area contributed by atoms with E-state index >= 15 is 0 Å². The minimum absolute atomic E-state index is 0.162. The molecule has 18 heavy (non-hydrogen) atoms. The van der Waals surface area contributed by atoms with Crippen molar-refractivity contribution in [1.29, 1.82) is 0 Å². The van der Waals surface area contributed by atoms with Crippen LogP contribution in [-0.4, -0.2) is 59.3 Å². The molecule has 0 radical (unpaired) electrons. The molecule has 0 aliphatic carbocycles. The van der Waals surface area contributed by atoms with Gasteiger partial charge in [0.2, 0.25) is 12.2 Å². The molecule has 2 rings (SSSR count). The topological polar surface area (TPSA) is 149 Å². The van der Waals surface area contributed by atoms with Crippen LogP contribution in [0.25, 0.3) is 11.6 Å². The number of imidazole rings is 1. The van der Waals surface area contributed by atoms with Crippen LogP contribution in [0.5, 0.6) is 0 Å². The lowest BCUT2D eigenvalue weighted by molar-refractivity contribution is -0.0788. The first-order chi connectivity index (χ1) is 8.63. The van der Waals surface area contributed by atoms with Crippen molar-refractivity contribution in [2.75, 3.05) is 6.61 Å². The van der Waals surface area contributed by atoms with Crippen LogP contribution in [0.4, 0.5) is 0 Å². The highest BCUT2D eigenvalue weighted by molar-refractivity contribution is 5.41. The number of H-pyrrole nitrogens is 1. The minimum Gasteiger partial charge on any atom is -0.394 e. The van der Waals surface area contributed by atoms with Crippen molar-refractivity contribution in [3.05, 3.63) is 18.3 Å². The molecule has 2 heterocycles. The summed E-state index contributed by atoms with van der Waals surface area (Å²) in [5, 5.41) is 40.7. The fraction of sp³-hybridized carbons (Fsp3) is 0.444. The zero-order chi connectivity index (χ0) is 13.1. The van der Waals surface area contributed by atoms with Crippen LogP contribution in [0.2, 0.25) is 0 Å². The van der Waals surface area contributed by atoms with Gasteiger partial charge in [-0.15, -0.1) is 0 Å². The van der Waals surface area contributed by atoms with Gasteiger partial charge in [0.15, 0.2) is 5.82 Å². The Kier molecular flexibility index (Phi) is 3.67. The minimum atomic E-state index is -1.53. The van der Waals surface area contributed by atoms with Gasteiger partial charge >= 0.3 is 0 Å². The van der Waals surface area contributed by atoms with Crippen LogP contribution in [0.3, 0.4) is 0 Å². The zero-order valence-corrected chi connectivity index (χ0v) is 9.13. The van der Waals surface area contributed by atoms with Crippen molar-refractivity contribution in [2.45, 2.75) is 18.3 Å². The number of hydrogen-bond acceptors (Lipinski definition) is 8. The molecular formula is C9H12N4O5. The number of nitrogens with one attached hydrogen (secondary N) is 1. The van der Waals surface area contributed by atoms with Gasteiger partial charge < -0.3 is 29.9 Å². The molecule has 0 saturated carbocycles. The first-order valence-electron chi connectivity index (χ1n) is 5.10. The molecule has 3 atom stereocenters. The van der Waals surface area contributed by atoms with Crippen molar-refractivity contribution >= 4 is 0 Å². The summed E-state index contributed by atoms with van der Waals surface area (Å²) in [5.74, 6) is 0.453. The predicted octanol–water partition coefficient (Wildman–Crippen LogP) is -1.79. The maximum absolute atomic E-state index is 9.74. The Labute approximate surface area is 101 Å². The normalized spacial score (nSPS) is 16.4. The van der Waals surface area contributed by atoms with Crippen molar-refractivity contribution in [1.82, 2.24) is 20.1 Å². The van der Waals surface area contributed by atoms with Gasteiger partial charge in [0, 0.05) is 0 Å². The lowest BCUT2D eigenvalue weighted by Gasteiger charge is -2.20. The zero-order valence-electron chi connectivity index (χ0n) is 9.13. The monoisotopic (exact) mass is 256 g/mol. The van der Waals surface area contributed by atoms with Gasteiger partial charge in [-0.05, 0) is 0 Å². The summed E-state index contributed by atoms with van der Waals surface area (Å²) < 4.78 is 4.54. The van der Waals surface area contributed by atoms with Crippen LogP contribution >= 0.6 is 0 Å². The van der Waals surface area contributed by atoms with Gasteiger partial charge in [-0.2, -0.15) is 4.98 Å². The van der Waals surface area contributed by atoms with E-state index in [0.29, 0.717) is 0 Å². The van der Waals surface area contributed by atoms with Gasteiger partial charge in [-0.3, -0.25) is 0 Å². The highest BCUT2D eigenvalue weighted by Crippen LogP contribution is 2.19. The van der Waals surface area contributed by atoms with Crippen LogP contribution in [0.1, 0.15) is 11.8 Å². The molecule has 0 bridgehead atoms. The highest BCUT2D eigenvalue weighted by atomic mass is 16.5. The van der Waals surface area contributed by atoms with Crippen LogP contribution < -0.4 is 0 Å². The molecule has 2 aromatic heterocycles. The molecule has 5 N–H and O–H groups in total. The fourth-order valence-corrected chi connectivity index (χ4v) is 1.38. The van der Waals surface area contributed by atoms with E-state index in [1.807, 2.05) is 0 Å². The Bertz CT molecular complexity index is 485. The van der Waals surface area contributed by atoms with Crippen molar-refractivity contribution in [3.63, 3.8) is 0 Å². The van der Waals surface area contributed by atoms with E-state index in [0.717, 1.165) is 6.39 Å². The Hall–Kier alpha value is -1.81. The second kappa shape index (κ2) is 5.23. The molecule has 0 fully saturated rings. The van der Waals surface area contributed by atoms with Crippen molar-refractivity contribution in [2.24, 2.45) is 0 Å². The number of rotatable bonds is 5. The molecule has 0 aliphatic rings. The van der Waals surface area contributed by atoms with Crippen LogP contribution in [0, 0.1) is 0 Å². The maximum Gasteiger partial charge on any atom is 0.237 e. The van der Waals surface area contributed by atoms with Crippen molar-refractivity contribution < 1.29 is 24.9 Å². The average Bonchev–Trinajstić information content (AvgIpc) is 3.05. The number of aromatic amines is 1. The third-order valence-corrected chi connectivity index (χ3v) is 2.39. The van der Waals surface area contributed by atoms with E-state index in [-0.39, 0.29) is 17.3 Å². The number of aromatic nitrogens is 4. The quantitative estimate of drug-likeness (QED) is 0.421. The van der Waals surface area contributed by atoms with Crippen LogP contribution in [0.15, 0.2) is 17.1 Å². The summed E-state index contributed by atoms with van der Waals surface area (Å²) in [6.07, 6.45) is -2.01. The molecule has 0 aromatic carbocycles. The van der Waals surface area contributed by atoms with Gasteiger partial charge in [0.25, 0.3) is 0 Å². The summed E-state index contributed by atoms with van der Waals surface area (Å²) in [6, 6.07) is 0. The molecular weight excluding hydrogens is 244 g/mol. The van der Waals surface area contributed by atoms with E-state index < -0.39 is 24.9 Å². The SMILES string of the molecule is OC[C@@H](O)[C@@H](O)[C@H](O)c1cnc(-c2ncon2)[nH]1. The standard InChI is InChI=1S/C9H12N4O5/c14-2-5(15)7(17)6(16)4-1-10-8(12-4)9-11-3-18-13-9/h1,3,5-7,14-17H,2H2,(H,10,12)/t5-,6-,7-/m1/s1. The molecule has 9 heteroatoms. The van der Waals surface area contributed by atoms with E-state index in [1.165, 1.54) is 6.20 Å². The van der Waals surface area contributed by atoms with Gasteiger partial charge in [0.05, 0.1) is 18.5 Å². The summed E-state index contributed by atoms with van der Waals surface area (Å²) in [4.78, 5) is 10.3. The molecule has 0 aliphatic heterocycles. The van der Waals surface area contributed by atoms with Gasteiger partial charge in [0.1, 0.15) is 18.3 Å². The van der Waals surface area contributed by atoms with Gasteiger partial charge in [-0.1, -0.05) is 5.16 Å². The Balaban J connectivity index is 2.15. The second-order valence-electron chi connectivity index (χ2n) is 3.63. The Morgan fingerprint density at radius 1 is 1.28 bits per heavy atom. The number of aliphatic hydroxyl groups excluding tert-OH is 4. The second-order valence-corrected chi connectivity index (χ2v) is 3.63. The van der Waals surface area contributed by atoms with Gasteiger partial charge in [-0.25, -0.2) is 4.98 Å². The molecule has 0 unspecified atom stereocenters. The summed E-state index contributed by atoms with van der Waals surface area (Å²) in [5.41, 5.74) is 0.162. The molecule has 2 aromatic rings. The Morgan fingerprint density at radius 3 is 2.67 bits per heavy atom. The number of hydrogen-bond donors (Lipinski definition) is 5. The first kappa shape index (κ1) is 12.6. The average molecular weight is 256 g/mol. The van der Waals surface area contributed by atoms with E-state index in [2.05, 4.69) is 24.6 Å². The lowest BCUT2D eigenvalue weighted by atomic mass is 10.1. The maximum atomic E-state index is 9.74. The van der Waals surface area contributed by atoms with E-state index in [4.69, 9.17) is 5.11 Å².